The van der Waals surface area contributed by atoms with Gasteiger partial charge in [-0.1, -0.05) is 13.3 Å². The smallest absolute Gasteiger partial charge is 0.218 e. The molecule has 1 aromatic rings. The highest BCUT2D eigenvalue weighted by Crippen LogP contribution is 2.14. The van der Waals surface area contributed by atoms with Gasteiger partial charge in [0.2, 0.25) is 5.88 Å². The normalized spacial score (nSPS) is 12.2. The van der Waals surface area contributed by atoms with E-state index in [4.69, 9.17) is 10.5 Å². The van der Waals surface area contributed by atoms with Crippen molar-refractivity contribution in [3.05, 3.63) is 12.4 Å². The molecule has 0 fully saturated rings. The average molecular weight is 252 g/mol. The maximum absolute atomic E-state index is 5.62. The zero-order chi connectivity index (χ0) is 13.2. The van der Waals surface area contributed by atoms with Gasteiger partial charge in [0.05, 0.1) is 6.61 Å². The van der Waals surface area contributed by atoms with Crippen LogP contribution in [0.2, 0.25) is 0 Å². The van der Waals surface area contributed by atoms with Crippen LogP contribution < -0.4 is 15.8 Å². The maximum atomic E-state index is 5.62. The molecule has 18 heavy (non-hydrogen) atoms. The largest absolute Gasteiger partial charge is 0.478 e. The van der Waals surface area contributed by atoms with Crippen molar-refractivity contribution in [1.29, 1.82) is 0 Å². The molecular formula is C13H24N4O. The molecule has 0 bridgehead atoms. The van der Waals surface area contributed by atoms with Crippen LogP contribution in [0.15, 0.2) is 12.4 Å². The standard InChI is InChI=1S/C13H24N4O/c1-3-5-11(6-7-14)9-15-12-8-13(18-4-2)17-10-16-12/h8,10-11H,3-7,9,14H2,1-2H3,(H,15,16,17). The monoisotopic (exact) mass is 252 g/mol. The molecular weight excluding hydrogens is 228 g/mol. The molecule has 0 aliphatic rings. The Morgan fingerprint density at radius 3 is 2.83 bits per heavy atom. The van der Waals surface area contributed by atoms with E-state index in [1.54, 1.807) is 0 Å². The summed E-state index contributed by atoms with van der Waals surface area (Å²) in [6.07, 6.45) is 4.93. The minimum absolute atomic E-state index is 0.602. The third kappa shape index (κ3) is 5.31. The molecule has 0 aromatic carbocycles. The lowest BCUT2D eigenvalue weighted by molar-refractivity contribution is 0.326. The highest BCUT2D eigenvalue weighted by atomic mass is 16.5. The van der Waals surface area contributed by atoms with E-state index in [-0.39, 0.29) is 0 Å². The Bertz CT molecular complexity index is 327. The Hall–Kier alpha value is -1.36. The maximum Gasteiger partial charge on any atom is 0.218 e. The Kier molecular flexibility index (Phi) is 7.10. The van der Waals surface area contributed by atoms with Crippen LogP contribution in [0.25, 0.3) is 0 Å². The first-order valence-corrected chi connectivity index (χ1v) is 6.68. The van der Waals surface area contributed by atoms with Gasteiger partial charge in [-0.2, -0.15) is 0 Å². The molecule has 1 aromatic heterocycles. The van der Waals surface area contributed by atoms with Crippen molar-refractivity contribution in [2.75, 3.05) is 25.0 Å². The van der Waals surface area contributed by atoms with Gasteiger partial charge in [0.15, 0.2) is 0 Å². The number of nitrogens with one attached hydrogen (secondary N) is 1. The molecule has 3 N–H and O–H groups in total. The zero-order valence-corrected chi connectivity index (χ0v) is 11.4. The number of ether oxygens (including phenoxy) is 1. The summed E-state index contributed by atoms with van der Waals surface area (Å²) < 4.78 is 5.34. The van der Waals surface area contributed by atoms with Crippen LogP contribution >= 0.6 is 0 Å². The van der Waals surface area contributed by atoms with Crippen molar-refractivity contribution in [3.63, 3.8) is 0 Å². The van der Waals surface area contributed by atoms with Crippen molar-refractivity contribution in [2.45, 2.75) is 33.1 Å². The summed E-state index contributed by atoms with van der Waals surface area (Å²) in [6.45, 7) is 6.38. The first-order valence-electron chi connectivity index (χ1n) is 6.68. The molecule has 0 aliphatic heterocycles. The fourth-order valence-corrected chi connectivity index (χ4v) is 1.90. The van der Waals surface area contributed by atoms with Crippen molar-refractivity contribution in [3.8, 4) is 5.88 Å². The highest BCUT2D eigenvalue weighted by molar-refractivity contribution is 5.36. The molecule has 0 aliphatic carbocycles. The third-order valence-corrected chi connectivity index (χ3v) is 2.78. The van der Waals surface area contributed by atoms with E-state index in [2.05, 4.69) is 22.2 Å². The van der Waals surface area contributed by atoms with Gasteiger partial charge < -0.3 is 15.8 Å². The van der Waals surface area contributed by atoms with Crippen LogP contribution in [0.3, 0.4) is 0 Å². The van der Waals surface area contributed by atoms with Gasteiger partial charge in [-0.15, -0.1) is 0 Å². The lowest BCUT2D eigenvalue weighted by atomic mass is 10.00. The summed E-state index contributed by atoms with van der Waals surface area (Å²) >= 11 is 0. The van der Waals surface area contributed by atoms with Gasteiger partial charge in [0.1, 0.15) is 12.1 Å². The van der Waals surface area contributed by atoms with Crippen LogP contribution in [0.1, 0.15) is 33.1 Å². The zero-order valence-electron chi connectivity index (χ0n) is 11.4. The topological polar surface area (TPSA) is 73.1 Å². The van der Waals surface area contributed by atoms with Gasteiger partial charge >= 0.3 is 0 Å². The van der Waals surface area contributed by atoms with E-state index < -0.39 is 0 Å². The second-order valence-electron chi connectivity index (χ2n) is 4.29. The Labute approximate surface area is 109 Å². The molecule has 102 valence electrons. The SMILES string of the molecule is CCCC(CCN)CNc1cc(OCC)ncn1. The summed E-state index contributed by atoms with van der Waals surface area (Å²) in [6, 6.07) is 1.83. The van der Waals surface area contributed by atoms with E-state index in [9.17, 15) is 0 Å². The van der Waals surface area contributed by atoms with Crippen LogP contribution in [-0.4, -0.2) is 29.7 Å². The van der Waals surface area contributed by atoms with Crippen molar-refractivity contribution >= 4 is 5.82 Å². The van der Waals surface area contributed by atoms with Crippen molar-refractivity contribution in [2.24, 2.45) is 11.7 Å². The summed E-state index contributed by atoms with van der Waals surface area (Å²) in [5, 5.41) is 3.33. The van der Waals surface area contributed by atoms with Gasteiger partial charge in [-0.25, -0.2) is 9.97 Å². The van der Waals surface area contributed by atoms with Gasteiger partial charge in [0.25, 0.3) is 0 Å². The van der Waals surface area contributed by atoms with Crippen molar-refractivity contribution in [1.82, 2.24) is 9.97 Å². The summed E-state index contributed by atoms with van der Waals surface area (Å²) in [5.74, 6) is 2.03. The average Bonchev–Trinajstić information content (AvgIpc) is 2.37. The van der Waals surface area contributed by atoms with E-state index >= 15 is 0 Å². The highest BCUT2D eigenvalue weighted by Gasteiger charge is 2.07. The fourth-order valence-electron chi connectivity index (χ4n) is 1.90. The predicted molar refractivity (Wildman–Crippen MR) is 73.8 cm³/mol. The molecule has 1 rings (SSSR count). The second-order valence-corrected chi connectivity index (χ2v) is 4.29. The predicted octanol–water partition coefficient (Wildman–Crippen LogP) is 2.05. The number of hydrogen-bond acceptors (Lipinski definition) is 5. The third-order valence-electron chi connectivity index (χ3n) is 2.78. The number of rotatable bonds is 9. The molecule has 1 unspecified atom stereocenters. The van der Waals surface area contributed by atoms with Crippen molar-refractivity contribution < 1.29 is 4.74 Å². The molecule has 1 atom stereocenters. The molecule has 0 spiro atoms. The Balaban J connectivity index is 2.47. The summed E-state index contributed by atoms with van der Waals surface area (Å²) in [4.78, 5) is 8.22. The van der Waals surface area contributed by atoms with E-state index in [0.29, 0.717) is 18.4 Å². The number of anilines is 1. The molecule has 1 heterocycles. The summed E-state index contributed by atoms with van der Waals surface area (Å²) in [5.41, 5.74) is 5.62. The van der Waals surface area contributed by atoms with Crippen LogP contribution in [0.4, 0.5) is 5.82 Å². The lowest BCUT2D eigenvalue weighted by Gasteiger charge is -2.16. The van der Waals surface area contributed by atoms with E-state index in [1.807, 2.05) is 13.0 Å². The quantitative estimate of drug-likeness (QED) is 0.703. The molecule has 0 saturated heterocycles. The molecule has 0 amide bonds. The second kappa shape index (κ2) is 8.69. The van der Waals surface area contributed by atoms with E-state index in [0.717, 1.165) is 25.3 Å². The number of nitrogens with zero attached hydrogens (tertiary/aromatic N) is 2. The molecule has 5 heteroatoms. The van der Waals surface area contributed by atoms with Gasteiger partial charge in [-0.05, 0) is 32.2 Å². The van der Waals surface area contributed by atoms with E-state index in [1.165, 1.54) is 19.2 Å². The molecule has 5 nitrogen and oxygen atoms in total. The minimum atomic E-state index is 0.602. The fraction of sp³-hybridized carbons (Fsp3) is 0.692. The number of aromatic nitrogens is 2. The number of nitrogens with two attached hydrogens (primary N) is 1. The Morgan fingerprint density at radius 1 is 1.33 bits per heavy atom. The van der Waals surface area contributed by atoms with Crippen LogP contribution in [0.5, 0.6) is 5.88 Å². The summed E-state index contributed by atoms with van der Waals surface area (Å²) in [7, 11) is 0. The first kappa shape index (κ1) is 14.7. The van der Waals surface area contributed by atoms with Gasteiger partial charge in [0, 0.05) is 12.6 Å². The molecule has 0 radical (unpaired) electrons. The first-order chi connectivity index (χ1) is 8.80. The minimum Gasteiger partial charge on any atom is -0.478 e. The lowest BCUT2D eigenvalue weighted by Crippen LogP contribution is -2.18. The number of hydrogen-bond donors (Lipinski definition) is 2. The molecule has 0 saturated carbocycles. The van der Waals surface area contributed by atoms with Crippen LogP contribution in [-0.2, 0) is 0 Å². The van der Waals surface area contributed by atoms with Gasteiger partial charge in [-0.3, -0.25) is 0 Å². The van der Waals surface area contributed by atoms with Crippen LogP contribution in [0, 0.1) is 5.92 Å². The Morgan fingerprint density at radius 2 is 2.17 bits per heavy atom.